The van der Waals surface area contributed by atoms with Gasteiger partial charge in [-0.1, -0.05) is 20.8 Å². The monoisotopic (exact) mass is 307 g/mol. The standard InChI is InChI=1S/C16H25N3OS/c1-16(2,3)15-17-9-13(21-15)14(20)19(4)12-7-10-5-6-11(8-12)18-10/h9-12,18H,5-8H2,1-4H3. The predicted molar refractivity (Wildman–Crippen MR) is 85.9 cm³/mol. The van der Waals surface area contributed by atoms with Gasteiger partial charge in [0.25, 0.3) is 5.91 Å². The van der Waals surface area contributed by atoms with Gasteiger partial charge in [-0.05, 0) is 25.7 Å². The number of thiazole rings is 1. The summed E-state index contributed by atoms with van der Waals surface area (Å²) in [6.45, 7) is 6.40. The van der Waals surface area contributed by atoms with Crippen molar-refractivity contribution in [1.29, 1.82) is 0 Å². The fraction of sp³-hybridized carbons (Fsp3) is 0.750. The Morgan fingerprint density at radius 3 is 2.48 bits per heavy atom. The average Bonchev–Trinajstić information content (AvgIpc) is 3.03. The number of carbonyl (C=O) groups is 1. The number of rotatable bonds is 2. The Morgan fingerprint density at radius 2 is 1.95 bits per heavy atom. The summed E-state index contributed by atoms with van der Waals surface area (Å²) >= 11 is 1.54. The number of hydrogen-bond acceptors (Lipinski definition) is 4. The Hall–Kier alpha value is -0.940. The molecule has 0 saturated carbocycles. The number of aromatic nitrogens is 1. The van der Waals surface area contributed by atoms with Gasteiger partial charge in [-0.15, -0.1) is 11.3 Å². The van der Waals surface area contributed by atoms with Crippen LogP contribution >= 0.6 is 11.3 Å². The molecular weight excluding hydrogens is 282 g/mol. The summed E-state index contributed by atoms with van der Waals surface area (Å²) in [4.78, 5) is 19.9. The van der Waals surface area contributed by atoms with E-state index in [2.05, 4.69) is 31.1 Å². The molecule has 116 valence electrons. The third kappa shape index (κ3) is 2.99. The Bertz CT molecular complexity index is 522. The number of piperidine rings is 1. The fourth-order valence-electron chi connectivity index (χ4n) is 3.40. The third-order valence-electron chi connectivity index (χ3n) is 4.67. The fourth-order valence-corrected chi connectivity index (χ4v) is 4.36. The van der Waals surface area contributed by atoms with Crippen molar-refractivity contribution in [2.75, 3.05) is 7.05 Å². The smallest absolute Gasteiger partial charge is 0.265 e. The van der Waals surface area contributed by atoms with E-state index in [9.17, 15) is 4.79 Å². The van der Waals surface area contributed by atoms with Gasteiger partial charge >= 0.3 is 0 Å². The second kappa shape index (κ2) is 5.36. The lowest BCUT2D eigenvalue weighted by molar-refractivity contribution is 0.0686. The summed E-state index contributed by atoms with van der Waals surface area (Å²) in [6.07, 6.45) is 6.45. The van der Waals surface area contributed by atoms with Crippen molar-refractivity contribution < 1.29 is 4.79 Å². The number of hydrogen-bond donors (Lipinski definition) is 1. The largest absolute Gasteiger partial charge is 0.338 e. The van der Waals surface area contributed by atoms with E-state index in [4.69, 9.17) is 0 Å². The molecule has 5 heteroatoms. The molecule has 0 radical (unpaired) electrons. The van der Waals surface area contributed by atoms with Crippen molar-refractivity contribution in [2.45, 2.75) is 70.0 Å². The molecule has 3 heterocycles. The van der Waals surface area contributed by atoms with Crippen LogP contribution in [0.2, 0.25) is 0 Å². The minimum Gasteiger partial charge on any atom is -0.338 e. The normalized spacial score (nSPS) is 28.7. The van der Waals surface area contributed by atoms with Crippen molar-refractivity contribution in [1.82, 2.24) is 15.2 Å². The highest BCUT2D eigenvalue weighted by atomic mass is 32.1. The first-order valence-corrected chi connectivity index (χ1v) is 8.66. The maximum atomic E-state index is 12.7. The van der Waals surface area contributed by atoms with E-state index in [1.165, 1.54) is 24.2 Å². The lowest BCUT2D eigenvalue weighted by Crippen LogP contribution is -2.48. The Balaban J connectivity index is 1.71. The second-order valence-corrected chi connectivity index (χ2v) is 8.49. The minimum atomic E-state index is 0.00956. The zero-order valence-electron chi connectivity index (χ0n) is 13.3. The molecular formula is C16H25N3OS. The zero-order valence-corrected chi connectivity index (χ0v) is 14.2. The molecule has 2 unspecified atom stereocenters. The number of nitrogens with zero attached hydrogens (tertiary/aromatic N) is 2. The van der Waals surface area contributed by atoms with Crippen molar-refractivity contribution >= 4 is 17.2 Å². The van der Waals surface area contributed by atoms with Crippen LogP contribution in [0.3, 0.4) is 0 Å². The molecule has 1 N–H and O–H groups in total. The molecule has 21 heavy (non-hydrogen) atoms. The summed E-state index contributed by atoms with van der Waals surface area (Å²) in [7, 11) is 1.95. The van der Waals surface area contributed by atoms with Gasteiger partial charge in [-0.2, -0.15) is 0 Å². The van der Waals surface area contributed by atoms with Crippen LogP contribution in [0.4, 0.5) is 0 Å². The van der Waals surface area contributed by atoms with Crippen LogP contribution in [0.5, 0.6) is 0 Å². The summed E-state index contributed by atoms with van der Waals surface area (Å²) in [5.41, 5.74) is 0.00956. The Labute approximate surface area is 130 Å². The molecule has 2 aliphatic rings. The van der Waals surface area contributed by atoms with Crippen molar-refractivity contribution in [2.24, 2.45) is 0 Å². The van der Waals surface area contributed by atoms with Crippen molar-refractivity contribution in [3.8, 4) is 0 Å². The molecule has 0 spiro atoms. The number of amides is 1. The van der Waals surface area contributed by atoms with Gasteiger partial charge in [0.2, 0.25) is 0 Å². The second-order valence-electron chi connectivity index (χ2n) is 7.46. The topological polar surface area (TPSA) is 45.2 Å². The van der Waals surface area contributed by atoms with Crippen LogP contribution in [0, 0.1) is 0 Å². The summed E-state index contributed by atoms with van der Waals surface area (Å²) in [6, 6.07) is 1.59. The molecule has 2 fully saturated rings. The van der Waals surface area contributed by atoms with Crippen molar-refractivity contribution in [3.63, 3.8) is 0 Å². The van der Waals surface area contributed by atoms with E-state index < -0.39 is 0 Å². The molecule has 0 aliphatic carbocycles. The van der Waals surface area contributed by atoms with E-state index in [0.717, 1.165) is 22.7 Å². The summed E-state index contributed by atoms with van der Waals surface area (Å²) in [5.74, 6) is 0.134. The van der Waals surface area contributed by atoms with Gasteiger partial charge in [0.15, 0.2) is 0 Å². The Kier molecular flexibility index (Phi) is 3.82. The van der Waals surface area contributed by atoms with Crippen LogP contribution < -0.4 is 5.32 Å². The average molecular weight is 307 g/mol. The summed E-state index contributed by atoms with van der Waals surface area (Å²) < 4.78 is 0. The van der Waals surface area contributed by atoms with Crippen LogP contribution in [0.15, 0.2) is 6.20 Å². The first-order valence-electron chi connectivity index (χ1n) is 7.84. The molecule has 1 aromatic heterocycles. The maximum absolute atomic E-state index is 12.7. The van der Waals surface area contributed by atoms with Crippen LogP contribution in [-0.2, 0) is 5.41 Å². The van der Waals surface area contributed by atoms with Gasteiger partial charge in [0.05, 0.1) is 11.2 Å². The van der Waals surface area contributed by atoms with E-state index in [-0.39, 0.29) is 11.3 Å². The SMILES string of the molecule is CN(C(=O)c1cnc(C(C)(C)C)s1)C1CC2CCC(C1)N2. The van der Waals surface area contributed by atoms with Gasteiger partial charge in [0.1, 0.15) is 4.88 Å². The zero-order chi connectivity index (χ0) is 15.2. The van der Waals surface area contributed by atoms with Gasteiger partial charge in [-0.25, -0.2) is 4.98 Å². The molecule has 1 amide bonds. The highest BCUT2D eigenvalue weighted by Gasteiger charge is 2.37. The highest BCUT2D eigenvalue weighted by Crippen LogP contribution is 2.31. The van der Waals surface area contributed by atoms with Gasteiger partial charge < -0.3 is 10.2 Å². The van der Waals surface area contributed by atoms with Gasteiger partial charge in [0, 0.05) is 30.6 Å². The quantitative estimate of drug-likeness (QED) is 0.914. The number of nitrogens with one attached hydrogen (secondary N) is 1. The molecule has 1 aromatic rings. The molecule has 2 bridgehead atoms. The molecule has 2 atom stereocenters. The lowest BCUT2D eigenvalue weighted by Gasteiger charge is -2.35. The van der Waals surface area contributed by atoms with Gasteiger partial charge in [-0.3, -0.25) is 4.79 Å². The Morgan fingerprint density at radius 1 is 1.33 bits per heavy atom. The molecule has 0 aromatic carbocycles. The molecule has 4 nitrogen and oxygen atoms in total. The van der Waals surface area contributed by atoms with E-state index in [0.29, 0.717) is 18.1 Å². The molecule has 2 aliphatic heterocycles. The van der Waals surface area contributed by atoms with Crippen LogP contribution in [-0.4, -0.2) is 41.0 Å². The number of carbonyl (C=O) groups excluding carboxylic acids is 1. The molecule has 2 saturated heterocycles. The van der Waals surface area contributed by atoms with E-state index in [1.807, 2.05) is 11.9 Å². The third-order valence-corrected chi connectivity index (χ3v) is 6.09. The number of fused-ring (bicyclic) bond motifs is 2. The van der Waals surface area contributed by atoms with Crippen LogP contribution in [0.25, 0.3) is 0 Å². The highest BCUT2D eigenvalue weighted by molar-refractivity contribution is 7.13. The first-order chi connectivity index (χ1) is 9.84. The summed E-state index contributed by atoms with van der Waals surface area (Å²) in [5, 5.41) is 4.66. The predicted octanol–water partition coefficient (Wildman–Crippen LogP) is 2.80. The minimum absolute atomic E-state index is 0.00956. The van der Waals surface area contributed by atoms with E-state index >= 15 is 0 Å². The van der Waals surface area contributed by atoms with Crippen LogP contribution in [0.1, 0.15) is 61.1 Å². The lowest BCUT2D eigenvalue weighted by atomic mass is 9.98. The molecule has 3 rings (SSSR count). The van der Waals surface area contributed by atoms with E-state index in [1.54, 1.807) is 6.20 Å². The van der Waals surface area contributed by atoms with Crippen molar-refractivity contribution in [3.05, 3.63) is 16.1 Å². The first kappa shape index (κ1) is 15.0. The maximum Gasteiger partial charge on any atom is 0.265 e.